The summed E-state index contributed by atoms with van der Waals surface area (Å²) in [6, 6.07) is 18.9. The third kappa shape index (κ3) is 6.69. The molecule has 2 aromatic heterocycles. The summed E-state index contributed by atoms with van der Waals surface area (Å²) < 4.78 is 23.5. The van der Waals surface area contributed by atoms with Crippen molar-refractivity contribution in [1.82, 2.24) is 19.7 Å². The van der Waals surface area contributed by atoms with Crippen molar-refractivity contribution >= 4 is 39.8 Å². The molecule has 2 N–H and O–H groups in total. The highest BCUT2D eigenvalue weighted by Gasteiger charge is 2.23. The van der Waals surface area contributed by atoms with Crippen LogP contribution in [-0.2, 0) is 14.1 Å². The van der Waals surface area contributed by atoms with Crippen molar-refractivity contribution in [3.05, 3.63) is 100 Å². The fourth-order valence-electron chi connectivity index (χ4n) is 5.92. The molecule has 44 heavy (non-hydrogen) atoms. The summed E-state index contributed by atoms with van der Waals surface area (Å²) in [6.07, 6.45) is 6.00. The Labute approximate surface area is 264 Å². The molecule has 0 aliphatic carbocycles. The summed E-state index contributed by atoms with van der Waals surface area (Å²) in [6.45, 7) is 7.56. The molecule has 5 aromatic rings. The van der Waals surface area contributed by atoms with Gasteiger partial charge < -0.3 is 19.9 Å². The SMILES string of the molecule is CNC[C@@H](C)Nc1c(/C(=C/c2cn(C)c3ccccc23)CCCOc2ccc(F)cc2)ccc(Cl)c1-c1c(C)nn(C)c1C. The number of anilines is 1. The monoisotopic (exact) mass is 613 g/mol. The number of likely N-dealkylation sites (N-methyl/N-ethyl adjacent to an activating group) is 1. The van der Waals surface area contributed by atoms with Crippen molar-refractivity contribution in [3.8, 4) is 16.9 Å². The van der Waals surface area contributed by atoms with Crippen molar-refractivity contribution < 1.29 is 9.13 Å². The van der Waals surface area contributed by atoms with E-state index in [-0.39, 0.29) is 11.9 Å². The van der Waals surface area contributed by atoms with Crippen molar-refractivity contribution in [2.75, 3.05) is 25.5 Å². The van der Waals surface area contributed by atoms with Crippen LogP contribution in [0, 0.1) is 19.7 Å². The fourth-order valence-corrected chi connectivity index (χ4v) is 6.17. The van der Waals surface area contributed by atoms with Crippen LogP contribution in [0.1, 0.15) is 42.3 Å². The first-order valence-corrected chi connectivity index (χ1v) is 15.4. The molecule has 0 saturated heterocycles. The number of benzene rings is 3. The van der Waals surface area contributed by atoms with Crippen LogP contribution >= 0.6 is 11.6 Å². The van der Waals surface area contributed by atoms with E-state index in [1.165, 1.54) is 28.6 Å². The molecule has 230 valence electrons. The molecule has 0 bridgehead atoms. The Hall–Kier alpha value is -4.07. The van der Waals surface area contributed by atoms with Gasteiger partial charge in [0.05, 0.1) is 23.0 Å². The molecule has 0 saturated carbocycles. The van der Waals surface area contributed by atoms with E-state index in [9.17, 15) is 4.39 Å². The number of halogens is 2. The van der Waals surface area contributed by atoms with Crippen molar-refractivity contribution in [3.63, 3.8) is 0 Å². The Morgan fingerprint density at radius 1 is 1.05 bits per heavy atom. The van der Waals surface area contributed by atoms with E-state index in [1.807, 2.05) is 31.8 Å². The van der Waals surface area contributed by atoms with Gasteiger partial charge in [0.2, 0.25) is 0 Å². The van der Waals surface area contributed by atoms with Crippen LogP contribution in [0.15, 0.2) is 66.9 Å². The van der Waals surface area contributed by atoms with Gasteiger partial charge in [-0.15, -0.1) is 0 Å². The molecule has 2 heterocycles. The molecule has 6 nitrogen and oxygen atoms in total. The van der Waals surface area contributed by atoms with E-state index in [1.54, 1.807) is 12.1 Å². The van der Waals surface area contributed by atoms with Gasteiger partial charge in [-0.1, -0.05) is 35.9 Å². The molecule has 8 heteroatoms. The van der Waals surface area contributed by atoms with Gasteiger partial charge in [0.25, 0.3) is 0 Å². The van der Waals surface area contributed by atoms with Crippen LogP contribution in [0.25, 0.3) is 33.7 Å². The van der Waals surface area contributed by atoms with Crippen molar-refractivity contribution in [2.24, 2.45) is 14.1 Å². The first kappa shape index (κ1) is 31.4. The third-order valence-electron chi connectivity index (χ3n) is 8.09. The Morgan fingerprint density at radius 2 is 1.80 bits per heavy atom. The van der Waals surface area contributed by atoms with Gasteiger partial charge in [0.1, 0.15) is 11.6 Å². The summed E-state index contributed by atoms with van der Waals surface area (Å²) in [7, 11) is 6.00. The fraction of sp³-hybridized carbons (Fsp3) is 0.306. The first-order valence-electron chi connectivity index (χ1n) is 15.1. The zero-order chi connectivity index (χ0) is 31.4. The number of hydrogen-bond donors (Lipinski definition) is 2. The number of hydrogen-bond acceptors (Lipinski definition) is 4. The van der Waals surface area contributed by atoms with Crippen LogP contribution in [0.2, 0.25) is 5.02 Å². The molecule has 3 aromatic carbocycles. The number of fused-ring (bicyclic) bond motifs is 1. The quantitative estimate of drug-likeness (QED) is 0.139. The summed E-state index contributed by atoms with van der Waals surface area (Å²) in [5.74, 6) is 0.383. The van der Waals surface area contributed by atoms with E-state index in [0.717, 1.165) is 58.7 Å². The minimum absolute atomic E-state index is 0.133. The molecule has 5 rings (SSSR count). The second-order valence-corrected chi connectivity index (χ2v) is 11.8. The number of aromatic nitrogens is 3. The smallest absolute Gasteiger partial charge is 0.123 e. The summed E-state index contributed by atoms with van der Waals surface area (Å²) in [5.41, 5.74) is 9.56. The first-order chi connectivity index (χ1) is 21.2. The summed E-state index contributed by atoms with van der Waals surface area (Å²) in [5, 5.41) is 13.7. The van der Waals surface area contributed by atoms with Crippen LogP contribution in [-0.4, -0.2) is 40.6 Å². The highest BCUT2D eigenvalue weighted by atomic mass is 35.5. The van der Waals surface area contributed by atoms with Crippen LogP contribution in [0.4, 0.5) is 10.1 Å². The lowest BCUT2D eigenvalue weighted by atomic mass is 9.91. The number of allylic oxidation sites excluding steroid dienone is 1. The van der Waals surface area contributed by atoms with Gasteiger partial charge in [0.15, 0.2) is 0 Å². The minimum Gasteiger partial charge on any atom is -0.494 e. The number of rotatable bonds is 12. The summed E-state index contributed by atoms with van der Waals surface area (Å²) >= 11 is 7.04. The van der Waals surface area contributed by atoms with Crippen LogP contribution < -0.4 is 15.4 Å². The number of para-hydroxylation sites is 1. The number of nitrogens with zero attached hydrogens (tertiary/aromatic N) is 3. The van der Waals surface area contributed by atoms with Gasteiger partial charge in [-0.2, -0.15) is 5.10 Å². The topological polar surface area (TPSA) is 56.0 Å². The van der Waals surface area contributed by atoms with Gasteiger partial charge in [-0.3, -0.25) is 4.68 Å². The van der Waals surface area contributed by atoms with E-state index >= 15 is 0 Å². The van der Waals surface area contributed by atoms with E-state index in [0.29, 0.717) is 17.4 Å². The number of ether oxygens (including phenoxy) is 1. The average Bonchev–Trinajstić information content (AvgIpc) is 3.45. The molecular formula is C36H41ClFN5O. The maximum Gasteiger partial charge on any atom is 0.123 e. The Bertz CT molecular complexity index is 1790. The largest absolute Gasteiger partial charge is 0.494 e. The minimum atomic E-state index is -0.275. The van der Waals surface area contributed by atoms with Gasteiger partial charge in [0, 0.05) is 71.7 Å². The Kier molecular flexibility index (Phi) is 9.77. The second-order valence-electron chi connectivity index (χ2n) is 11.4. The highest BCUT2D eigenvalue weighted by molar-refractivity contribution is 6.34. The lowest BCUT2D eigenvalue weighted by molar-refractivity contribution is 0.312. The molecule has 0 fully saturated rings. The van der Waals surface area contributed by atoms with Crippen LogP contribution in [0.5, 0.6) is 5.75 Å². The van der Waals surface area contributed by atoms with E-state index < -0.39 is 0 Å². The molecule has 1 atom stereocenters. The van der Waals surface area contributed by atoms with Gasteiger partial charge >= 0.3 is 0 Å². The lowest BCUT2D eigenvalue weighted by Gasteiger charge is -2.24. The highest BCUT2D eigenvalue weighted by Crippen LogP contribution is 2.44. The maximum absolute atomic E-state index is 13.4. The van der Waals surface area contributed by atoms with Gasteiger partial charge in [-0.05, 0) is 88.7 Å². The van der Waals surface area contributed by atoms with Gasteiger partial charge in [-0.25, -0.2) is 4.39 Å². The normalized spacial score (nSPS) is 12.6. The Morgan fingerprint density at radius 3 is 2.50 bits per heavy atom. The predicted octanol–water partition coefficient (Wildman–Crippen LogP) is 8.41. The Balaban J connectivity index is 1.63. The number of aryl methyl sites for hydroxylation is 3. The molecule has 0 unspecified atom stereocenters. The molecule has 0 aliphatic heterocycles. The third-order valence-corrected chi connectivity index (χ3v) is 8.41. The zero-order valence-corrected chi connectivity index (χ0v) is 27.1. The molecule has 0 amide bonds. The van der Waals surface area contributed by atoms with E-state index in [4.69, 9.17) is 21.4 Å². The molecular weight excluding hydrogens is 573 g/mol. The van der Waals surface area contributed by atoms with E-state index in [2.05, 4.69) is 78.7 Å². The average molecular weight is 614 g/mol. The van der Waals surface area contributed by atoms with Crippen LogP contribution in [0.3, 0.4) is 0 Å². The predicted molar refractivity (Wildman–Crippen MR) is 182 cm³/mol. The maximum atomic E-state index is 13.4. The number of nitrogens with one attached hydrogen (secondary N) is 2. The van der Waals surface area contributed by atoms with Crippen molar-refractivity contribution in [2.45, 2.75) is 39.7 Å². The standard InChI is InChI=1S/C36H41ClFN5O/c1-23(21-39-4)40-36-31(17-18-32(37)35(36)34-24(2)41-43(6)25(34)3)26(10-9-19-44-29-15-13-28(38)14-16-29)20-27-22-42(5)33-12-8-7-11-30(27)33/h7-8,11-18,20,22-23,39-40H,9-10,19,21H2,1-6H3/b26-20+/t23-/m1/s1. The van der Waals surface area contributed by atoms with Crippen molar-refractivity contribution in [1.29, 1.82) is 0 Å². The summed E-state index contributed by atoms with van der Waals surface area (Å²) in [4.78, 5) is 0. The lowest BCUT2D eigenvalue weighted by Crippen LogP contribution is -2.28. The zero-order valence-electron chi connectivity index (χ0n) is 26.3. The molecule has 0 aliphatic rings. The molecule has 0 radical (unpaired) electrons. The second kappa shape index (κ2) is 13.7. The molecule has 0 spiro atoms.